The number of hydrogen-bond acceptors (Lipinski definition) is 6. The number of carbonyl (C=O) groups excluding carboxylic acids is 1. The Balaban J connectivity index is 1.51. The van der Waals surface area contributed by atoms with Crippen LogP contribution < -0.4 is 16.0 Å². The van der Waals surface area contributed by atoms with E-state index < -0.39 is 0 Å². The number of fused-ring (bicyclic) bond motifs is 1. The third-order valence-electron chi connectivity index (χ3n) is 5.56. The minimum absolute atomic E-state index is 0.128. The number of piperazine rings is 1. The number of nitrogens with one attached hydrogen (secondary N) is 1. The quantitative estimate of drug-likeness (QED) is 0.560. The fraction of sp³-hybridized carbons (Fsp3) is 0.476. The van der Waals surface area contributed by atoms with Crippen molar-refractivity contribution in [3.05, 3.63) is 51.0 Å². The number of benzene rings is 1. The molecule has 1 aromatic heterocycles. The van der Waals surface area contributed by atoms with Gasteiger partial charge >= 0.3 is 5.69 Å². The molecular weight excluding hydrogens is 422 g/mol. The highest BCUT2D eigenvalue weighted by Crippen LogP contribution is 2.28. The Kier molecular flexibility index (Phi) is 6.65. The van der Waals surface area contributed by atoms with Gasteiger partial charge in [0.15, 0.2) is 0 Å². The van der Waals surface area contributed by atoms with Gasteiger partial charge in [-0.05, 0) is 57.0 Å². The van der Waals surface area contributed by atoms with E-state index in [9.17, 15) is 9.59 Å². The van der Waals surface area contributed by atoms with Crippen LogP contribution in [0.1, 0.15) is 24.1 Å². The molecule has 0 saturated carbocycles. The van der Waals surface area contributed by atoms with E-state index in [1.165, 1.54) is 11.8 Å². The van der Waals surface area contributed by atoms with Gasteiger partial charge in [0.2, 0.25) is 5.91 Å². The summed E-state index contributed by atoms with van der Waals surface area (Å²) in [6.45, 7) is 3.51. The standard InChI is InChI=1S/C21H26ClN5O2S/c1-25-10-12-26(13-11-25)27-18-5-3-2-4-17(18)20(24-21(27)29)30-14-19(28)23-16-8-6-15(22)7-9-16/h6-9H,2-5,10-14H2,1H3,(H,23,28). The molecular formula is C21H26ClN5O2S. The molecule has 1 aliphatic carbocycles. The number of hydrogen-bond donors (Lipinski definition) is 1. The van der Waals surface area contributed by atoms with Gasteiger partial charge in [0.25, 0.3) is 0 Å². The maximum atomic E-state index is 12.9. The van der Waals surface area contributed by atoms with E-state index in [4.69, 9.17) is 11.6 Å². The molecule has 30 heavy (non-hydrogen) atoms. The molecule has 1 N–H and O–H groups in total. The summed E-state index contributed by atoms with van der Waals surface area (Å²) >= 11 is 7.23. The first kappa shape index (κ1) is 21.2. The van der Waals surface area contributed by atoms with Crippen molar-refractivity contribution in [3.63, 3.8) is 0 Å². The lowest BCUT2D eigenvalue weighted by molar-refractivity contribution is -0.113. The average Bonchev–Trinajstić information content (AvgIpc) is 2.75. The zero-order chi connectivity index (χ0) is 21.1. The second-order valence-corrected chi connectivity index (χ2v) is 9.14. The number of rotatable bonds is 5. The van der Waals surface area contributed by atoms with Crippen LogP contribution >= 0.6 is 23.4 Å². The highest BCUT2D eigenvalue weighted by atomic mass is 35.5. The van der Waals surface area contributed by atoms with E-state index in [-0.39, 0.29) is 17.3 Å². The Bertz CT molecular complexity index is 971. The summed E-state index contributed by atoms with van der Waals surface area (Å²) in [5.74, 6) is 0.0805. The molecule has 160 valence electrons. The second-order valence-electron chi connectivity index (χ2n) is 7.74. The van der Waals surface area contributed by atoms with Crippen molar-refractivity contribution in [2.45, 2.75) is 30.7 Å². The predicted octanol–water partition coefficient (Wildman–Crippen LogP) is 2.39. The van der Waals surface area contributed by atoms with Crippen LogP contribution in [0.2, 0.25) is 5.02 Å². The molecule has 2 aliphatic rings. The maximum absolute atomic E-state index is 12.9. The topological polar surface area (TPSA) is 70.5 Å². The largest absolute Gasteiger partial charge is 0.367 e. The SMILES string of the molecule is CN1CCN(n2c3c(c(SCC(=O)Nc4ccc(Cl)cc4)nc2=O)CCCC3)CC1. The van der Waals surface area contributed by atoms with Crippen molar-refractivity contribution >= 4 is 35.0 Å². The van der Waals surface area contributed by atoms with E-state index in [0.717, 1.165) is 63.1 Å². The van der Waals surface area contributed by atoms with Crippen LogP contribution in [-0.4, -0.2) is 59.4 Å². The zero-order valence-corrected chi connectivity index (χ0v) is 18.6. The Morgan fingerprint density at radius 3 is 2.57 bits per heavy atom. The van der Waals surface area contributed by atoms with Gasteiger partial charge in [-0.1, -0.05) is 23.4 Å². The lowest BCUT2D eigenvalue weighted by Crippen LogP contribution is -2.54. The molecule has 1 saturated heterocycles. The molecule has 1 aliphatic heterocycles. The van der Waals surface area contributed by atoms with Gasteiger partial charge in [-0.2, -0.15) is 4.98 Å². The van der Waals surface area contributed by atoms with Crippen molar-refractivity contribution in [3.8, 4) is 0 Å². The van der Waals surface area contributed by atoms with Gasteiger partial charge < -0.3 is 15.2 Å². The fourth-order valence-corrected chi connectivity index (χ4v) is 4.94. The number of carbonyl (C=O) groups is 1. The molecule has 2 heterocycles. The number of nitrogens with zero attached hydrogens (tertiary/aromatic N) is 4. The molecule has 0 bridgehead atoms. The van der Waals surface area contributed by atoms with Crippen LogP contribution in [0.4, 0.5) is 5.69 Å². The normalized spacial score (nSPS) is 16.9. The molecule has 1 fully saturated rings. The number of likely N-dealkylation sites (N-methyl/N-ethyl adjacent to an activating group) is 1. The number of thioether (sulfide) groups is 1. The van der Waals surface area contributed by atoms with Crippen LogP contribution in [0.5, 0.6) is 0 Å². The molecule has 0 spiro atoms. The summed E-state index contributed by atoms with van der Waals surface area (Å²) in [6.07, 6.45) is 3.94. The molecule has 0 unspecified atom stereocenters. The van der Waals surface area contributed by atoms with Crippen LogP contribution in [0.15, 0.2) is 34.1 Å². The van der Waals surface area contributed by atoms with E-state index in [1.807, 2.05) is 0 Å². The molecule has 9 heteroatoms. The molecule has 2 aromatic rings. The van der Waals surface area contributed by atoms with Gasteiger partial charge in [0.05, 0.1) is 11.4 Å². The lowest BCUT2D eigenvalue weighted by Gasteiger charge is -2.37. The van der Waals surface area contributed by atoms with Gasteiger partial charge in [-0.3, -0.25) is 4.79 Å². The Labute approximate surface area is 185 Å². The van der Waals surface area contributed by atoms with Crippen LogP contribution in [0.3, 0.4) is 0 Å². The van der Waals surface area contributed by atoms with Crippen molar-refractivity contribution in [2.24, 2.45) is 0 Å². The van der Waals surface area contributed by atoms with Crippen molar-refractivity contribution < 1.29 is 4.79 Å². The van der Waals surface area contributed by atoms with Crippen LogP contribution in [0, 0.1) is 0 Å². The predicted molar refractivity (Wildman–Crippen MR) is 121 cm³/mol. The van der Waals surface area contributed by atoms with E-state index in [1.54, 1.807) is 28.9 Å². The third-order valence-corrected chi connectivity index (χ3v) is 6.83. The second kappa shape index (κ2) is 9.41. The highest BCUT2D eigenvalue weighted by Gasteiger charge is 2.25. The Morgan fingerprint density at radius 1 is 1.13 bits per heavy atom. The number of aromatic nitrogens is 2. The van der Waals surface area contributed by atoms with Crippen molar-refractivity contribution in [1.82, 2.24) is 14.6 Å². The summed E-state index contributed by atoms with van der Waals surface area (Å²) in [6, 6.07) is 7.00. The lowest BCUT2D eigenvalue weighted by atomic mass is 9.97. The minimum Gasteiger partial charge on any atom is -0.325 e. The smallest absolute Gasteiger partial charge is 0.325 e. The Hall–Kier alpha value is -2.03. The van der Waals surface area contributed by atoms with Gasteiger partial charge in [-0.25, -0.2) is 9.47 Å². The van der Waals surface area contributed by atoms with E-state index in [2.05, 4.69) is 27.3 Å². The van der Waals surface area contributed by atoms with Crippen molar-refractivity contribution in [1.29, 1.82) is 0 Å². The van der Waals surface area contributed by atoms with Crippen molar-refractivity contribution in [2.75, 3.05) is 49.3 Å². The monoisotopic (exact) mass is 447 g/mol. The Morgan fingerprint density at radius 2 is 1.83 bits per heavy atom. The fourth-order valence-electron chi connectivity index (χ4n) is 3.94. The summed E-state index contributed by atoms with van der Waals surface area (Å²) in [5.41, 5.74) is 2.67. The summed E-state index contributed by atoms with van der Waals surface area (Å²) in [4.78, 5) is 32.0. The molecule has 0 radical (unpaired) electrons. The molecule has 1 aromatic carbocycles. The molecule has 4 rings (SSSR count). The summed E-state index contributed by atoms with van der Waals surface area (Å²) < 4.78 is 1.80. The maximum Gasteiger partial charge on any atom is 0.367 e. The van der Waals surface area contributed by atoms with Gasteiger partial charge in [0, 0.05) is 42.5 Å². The van der Waals surface area contributed by atoms with Gasteiger partial charge in [0.1, 0.15) is 5.03 Å². The number of anilines is 1. The molecule has 7 nitrogen and oxygen atoms in total. The first-order valence-electron chi connectivity index (χ1n) is 10.3. The van der Waals surface area contributed by atoms with E-state index in [0.29, 0.717) is 15.7 Å². The first-order valence-corrected chi connectivity index (χ1v) is 11.6. The zero-order valence-electron chi connectivity index (χ0n) is 17.1. The number of amides is 1. The van der Waals surface area contributed by atoms with Crippen LogP contribution in [0.25, 0.3) is 0 Å². The first-order chi connectivity index (χ1) is 14.5. The minimum atomic E-state index is -0.235. The van der Waals surface area contributed by atoms with Crippen LogP contribution in [-0.2, 0) is 17.6 Å². The molecule has 1 amide bonds. The number of halogens is 1. The third kappa shape index (κ3) is 4.82. The molecule has 0 atom stereocenters. The summed E-state index contributed by atoms with van der Waals surface area (Å²) in [7, 11) is 2.10. The average molecular weight is 448 g/mol. The van der Waals surface area contributed by atoms with Gasteiger partial charge in [-0.15, -0.1) is 0 Å². The highest BCUT2D eigenvalue weighted by molar-refractivity contribution is 8.00. The van der Waals surface area contributed by atoms with E-state index >= 15 is 0 Å². The summed E-state index contributed by atoms with van der Waals surface area (Å²) in [5, 5.41) is 6.31.